The third kappa shape index (κ3) is 2.56. The third-order valence-electron chi connectivity index (χ3n) is 4.73. The highest BCUT2D eigenvalue weighted by atomic mass is 14.9. The number of hydrogen-bond donors (Lipinski definition) is 1. The Morgan fingerprint density at radius 1 is 0.640 bits per heavy atom. The van der Waals surface area contributed by atoms with E-state index in [9.17, 15) is 0 Å². The van der Waals surface area contributed by atoms with Gasteiger partial charge in [0.25, 0.3) is 0 Å². The Kier molecular flexibility index (Phi) is 3.95. The Hall–Kier alpha value is -3.13. The maximum absolute atomic E-state index is 4.50. The maximum Gasteiger partial charge on any atom is 0.103 e. The van der Waals surface area contributed by atoms with Crippen LogP contribution in [0.25, 0.3) is 0 Å². The fraction of sp³-hybridized carbons (Fsp3) is 0.0870. The summed E-state index contributed by atoms with van der Waals surface area (Å²) >= 11 is 0. The molecule has 1 heterocycles. The molecular formula is C23H20N2. The van der Waals surface area contributed by atoms with Gasteiger partial charge in [0, 0.05) is 6.20 Å². The summed E-state index contributed by atoms with van der Waals surface area (Å²) < 4.78 is 0. The number of rotatable bonds is 4. The highest BCUT2D eigenvalue weighted by Crippen LogP contribution is 2.44. The predicted molar refractivity (Wildman–Crippen MR) is 102 cm³/mol. The normalized spacial score (nSPS) is 11.4. The second kappa shape index (κ2) is 6.40. The Balaban J connectivity index is 2.12. The average molecular weight is 324 g/mol. The van der Waals surface area contributed by atoms with Crippen LogP contribution in [0.15, 0.2) is 97.2 Å². The highest BCUT2D eigenvalue weighted by Gasteiger charge is 2.39. The molecule has 0 amide bonds. The van der Waals surface area contributed by atoms with Crippen molar-refractivity contribution in [2.24, 2.45) is 0 Å². The van der Waals surface area contributed by atoms with E-state index in [1.54, 1.807) is 0 Å². The Labute approximate surface area is 148 Å². The number of nitrogens with zero attached hydrogens (tertiary/aromatic N) is 1. The highest BCUT2D eigenvalue weighted by molar-refractivity contribution is 5.57. The Bertz CT molecular complexity index is 844. The lowest BCUT2D eigenvalue weighted by Gasteiger charge is -2.35. The standard InChI is InChI=1S/C23H20N2/c1-18-24-17-22(25-18)23(19-11-5-2-6-12-19,20-13-7-3-8-14-20)21-15-9-4-10-16-21/h2-17H,1H3,(H,24,25). The van der Waals surface area contributed by atoms with E-state index in [0.29, 0.717) is 0 Å². The number of aromatic amines is 1. The molecule has 1 N–H and O–H groups in total. The van der Waals surface area contributed by atoms with E-state index in [0.717, 1.165) is 11.5 Å². The minimum absolute atomic E-state index is 0.426. The first-order chi connectivity index (χ1) is 12.3. The van der Waals surface area contributed by atoms with Gasteiger partial charge in [-0.1, -0.05) is 91.0 Å². The van der Waals surface area contributed by atoms with Crippen molar-refractivity contribution in [3.8, 4) is 0 Å². The lowest BCUT2D eigenvalue weighted by Crippen LogP contribution is -2.31. The van der Waals surface area contributed by atoms with E-state index >= 15 is 0 Å². The quantitative estimate of drug-likeness (QED) is 0.520. The summed E-state index contributed by atoms with van der Waals surface area (Å²) in [7, 11) is 0. The smallest absolute Gasteiger partial charge is 0.103 e. The number of imidazole rings is 1. The second-order valence-corrected chi connectivity index (χ2v) is 6.23. The van der Waals surface area contributed by atoms with Gasteiger partial charge in [-0.05, 0) is 23.6 Å². The van der Waals surface area contributed by atoms with Crippen molar-refractivity contribution in [3.63, 3.8) is 0 Å². The van der Waals surface area contributed by atoms with Gasteiger partial charge in [-0.3, -0.25) is 0 Å². The first kappa shape index (κ1) is 15.4. The number of hydrogen-bond acceptors (Lipinski definition) is 1. The topological polar surface area (TPSA) is 28.7 Å². The van der Waals surface area contributed by atoms with Crippen LogP contribution < -0.4 is 0 Å². The van der Waals surface area contributed by atoms with Crippen molar-refractivity contribution in [2.75, 3.05) is 0 Å². The zero-order valence-corrected chi connectivity index (χ0v) is 14.2. The second-order valence-electron chi connectivity index (χ2n) is 6.23. The molecule has 4 aromatic rings. The fourth-order valence-corrected chi connectivity index (χ4v) is 3.64. The van der Waals surface area contributed by atoms with Crippen molar-refractivity contribution in [2.45, 2.75) is 12.3 Å². The SMILES string of the molecule is Cc1ncc(C(c2ccccc2)(c2ccccc2)c2ccccc2)[nH]1. The van der Waals surface area contributed by atoms with Gasteiger partial charge >= 0.3 is 0 Å². The van der Waals surface area contributed by atoms with Crippen molar-refractivity contribution >= 4 is 0 Å². The fourth-order valence-electron chi connectivity index (χ4n) is 3.64. The summed E-state index contributed by atoms with van der Waals surface area (Å²) in [6.07, 6.45) is 1.96. The van der Waals surface area contributed by atoms with Crippen LogP contribution in [0.1, 0.15) is 28.2 Å². The van der Waals surface area contributed by atoms with Crippen molar-refractivity contribution in [3.05, 3.63) is 125 Å². The van der Waals surface area contributed by atoms with E-state index in [1.165, 1.54) is 16.7 Å². The molecule has 2 nitrogen and oxygen atoms in total. The molecule has 4 rings (SSSR count). The molecule has 0 saturated heterocycles. The molecule has 0 spiro atoms. The van der Waals surface area contributed by atoms with Crippen LogP contribution in [0.4, 0.5) is 0 Å². The summed E-state index contributed by atoms with van der Waals surface area (Å²) in [5.41, 5.74) is 4.31. The minimum Gasteiger partial charge on any atom is -0.345 e. The molecular weight excluding hydrogens is 304 g/mol. The molecule has 0 bridgehead atoms. The molecule has 0 aliphatic rings. The van der Waals surface area contributed by atoms with Gasteiger partial charge < -0.3 is 4.98 Å². The molecule has 0 radical (unpaired) electrons. The molecule has 122 valence electrons. The zero-order valence-electron chi connectivity index (χ0n) is 14.2. The van der Waals surface area contributed by atoms with Gasteiger partial charge in [0.05, 0.1) is 11.1 Å². The molecule has 0 saturated carbocycles. The molecule has 1 aromatic heterocycles. The molecule has 2 heteroatoms. The lowest BCUT2D eigenvalue weighted by atomic mass is 9.67. The summed E-state index contributed by atoms with van der Waals surface area (Å²) in [5, 5.41) is 0. The average Bonchev–Trinajstić information content (AvgIpc) is 3.12. The first-order valence-corrected chi connectivity index (χ1v) is 8.50. The molecule has 0 fully saturated rings. The summed E-state index contributed by atoms with van der Waals surface area (Å²) in [6, 6.07) is 31.9. The van der Waals surface area contributed by atoms with Crippen molar-refractivity contribution in [1.29, 1.82) is 0 Å². The van der Waals surface area contributed by atoms with Gasteiger partial charge in [-0.15, -0.1) is 0 Å². The number of benzene rings is 3. The largest absolute Gasteiger partial charge is 0.345 e. The van der Waals surface area contributed by atoms with Crippen LogP contribution in [0, 0.1) is 6.92 Å². The number of nitrogens with one attached hydrogen (secondary N) is 1. The Morgan fingerprint density at radius 2 is 1.04 bits per heavy atom. The number of aromatic nitrogens is 2. The predicted octanol–water partition coefficient (Wildman–Crippen LogP) is 5.10. The van der Waals surface area contributed by atoms with Gasteiger partial charge in [0.1, 0.15) is 5.82 Å². The summed E-state index contributed by atoms with van der Waals surface area (Å²) in [4.78, 5) is 8.00. The van der Waals surface area contributed by atoms with Gasteiger partial charge in [0.15, 0.2) is 0 Å². The van der Waals surface area contributed by atoms with Crippen LogP contribution in [0.3, 0.4) is 0 Å². The van der Waals surface area contributed by atoms with Crippen LogP contribution in [0.5, 0.6) is 0 Å². The molecule has 0 aliphatic heterocycles. The van der Waals surface area contributed by atoms with Gasteiger partial charge in [-0.25, -0.2) is 4.98 Å². The Morgan fingerprint density at radius 3 is 1.36 bits per heavy atom. The molecule has 0 atom stereocenters. The summed E-state index contributed by atoms with van der Waals surface area (Å²) in [6.45, 7) is 2.00. The van der Waals surface area contributed by atoms with E-state index in [1.807, 2.05) is 13.1 Å². The minimum atomic E-state index is -0.426. The van der Waals surface area contributed by atoms with E-state index in [2.05, 4.69) is 101 Å². The molecule has 3 aromatic carbocycles. The molecule has 0 aliphatic carbocycles. The van der Waals surface area contributed by atoms with E-state index in [-0.39, 0.29) is 0 Å². The summed E-state index contributed by atoms with van der Waals surface area (Å²) in [5.74, 6) is 0.919. The van der Waals surface area contributed by atoms with Crippen LogP contribution in [0.2, 0.25) is 0 Å². The van der Waals surface area contributed by atoms with Crippen LogP contribution in [-0.4, -0.2) is 9.97 Å². The molecule has 0 unspecified atom stereocenters. The zero-order chi connectivity index (χ0) is 17.1. The number of aryl methyl sites for hydroxylation is 1. The number of H-pyrrole nitrogens is 1. The lowest BCUT2D eigenvalue weighted by molar-refractivity contribution is 0.718. The van der Waals surface area contributed by atoms with Crippen molar-refractivity contribution < 1.29 is 0 Å². The molecule has 25 heavy (non-hydrogen) atoms. The third-order valence-corrected chi connectivity index (χ3v) is 4.73. The van der Waals surface area contributed by atoms with E-state index < -0.39 is 5.41 Å². The van der Waals surface area contributed by atoms with Crippen LogP contribution >= 0.6 is 0 Å². The van der Waals surface area contributed by atoms with Gasteiger partial charge in [0.2, 0.25) is 0 Å². The van der Waals surface area contributed by atoms with Crippen LogP contribution in [-0.2, 0) is 5.41 Å². The van der Waals surface area contributed by atoms with E-state index in [4.69, 9.17) is 0 Å². The van der Waals surface area contributed by atoms with Crippen molar-refractivity contribution in [1.82, 2.24) is 9.97 Å². The van der Waals surface area contributed by atoms with Gasteiger partial charge in [-0.2, -0.15) is 0 Å². The monoisotopic (exact) mass is 324 g/mol. The first-order valence-electron chi connectivity index (χ1n) is 8.50. The maximum atomic E-state index is 4.50.